The lowest BCUT2D eigenvalue weighted by Gasteiger charge is -2.11. The lowest BCUT2D eigenvalue weighted by molar-refractivity contribution is 0.0602. The number of carbonyl (C=O) groups is 1. The maximum absolute atomic E-state index is 12.3. The van der Waals surface area contributed by atoms with Crippen LogP contribution in [0.25, 0.3) is 0 Å². The minimum atomic E-state index is -3.75. The van der Waals surface area contributed by atoms with E-state index in [9.17, 15) is 13.2 Å². The molecule has 0 atom stereocenters. The van der Waals surface area contributed by atoms with Crippen molar-refractivity contribution in [3.63, 3.8) is 0 Å². The standard InChI is InChI=1S/C14H16N2O4S/c1-10-4-5-13(12(8-10)14(17)20-3)15-21(18,19)11-6-7-16(2)9-11/h4-9,15H,1-3H3. The van der Waals surface area contributed by atoms with Crippen LogP contribution in [0, 0.1) is 6.92 Å². The molecule has 0 fully saturated rings. The maximum atomic E-state index is 12.3. The second-order valence-corrected chi connectivity index (χ2v) is 6.34. The zero-order valence-corrected chi connectivity index (χ0v) is 12.8. The molecule has 0 saturated carbocycles. The molecule has 0 saturated heterocycles. The number of sulfonamides is 1. The number of nitrogens with one attached hydrogen (secondary N) is 1. The second kappa shape index (κ2) is 5.61. The van der Waals surface area contributed by atoms with Crippen LogP contribution in [0.4, 0.5) is 5.69 Å². The van der Waals surface area contributed by atoms with Crippen LogP contribution in [0.3, 0.4) is 0 Å². The number of carbonyl (C=O) groups excluding carboxylic acids is 1. The molecule has 21 heavy (non-hydrogen) atoms. The largest absolute Gasteiger partial charge is 0.465 e. The number of aromatic nitrogens is 1. The molecule has 1 N–H and O–H groups in total. The Labute approximate surface area is 123 Å². The predicted molar refractivity (Wildman–Crippen MR) is 78.7 cm³/mol. The van der Waals surface area contributed by atoms with Gasteiger partial charge >= 0.3 is 5.97 Å². The van der Waals surface area contributed by atoms with Crippen molar-refractivity contribution in [2.45, 2.75) is 11.8 Å². The Hall–Kier alpha value is -2.28. The Kier molecular flexibility index (Phi) is 4.04. The smallest absolute Gasteiger partial charge is 0.340 e. The van der Waals surface area contributed by atoms with Crippen molar-refractivity contribution in [3.8, 4) is 0 Å². The minimum absolute atomic E-state index is 0.126. The summed E-state index contributed by atoms with van der Waals surface area (Å²) >= 11 is 0. The summed E-state index contributed by atoms with van der Waals surface area (Å²) in [5, 5.41) is 0. The number of methoxy groups -OCH3 is 1. The van der Waals surface area contributed by atoms with Gasteiger partial charge in [0.15, 0.2) is 0 Å². The molecular formula is C14H16N2O4S. The van der Waals surface area contributed by atoms with Crippen molar-refractivity contribution in [3.05, 3.63) is 47.8 Å². The molecule has 7 heteroatoms. The molecule has 0 spiro atoms. The first-order valence-electron chi connectivity index (χ1n) is 6.17. The van der Waals surface area contributed by atoms with E-state index in [0.717, 1.165) is 5.56 Å². The third-order valence-electron chi connectivity index (χ3n) is 2.94. The zero-order chi connectivity index (χ0) is 15.6. The van der Waals surface area contributed by atoms with Gasteiger partial charge < -0.3 is 9.30 Å². The number of hydrogen-bond donors (Lipinski definition) is 1. The summed E-state index contributed by atoms with van der Waals surface area (Å²) in [6.45, 7) is 1.81. The highest BCUT2D eigenvalue weighted by atomic mass is 32.2. The third kappa shape index (κ3) is 3.25. The minimum Gasteiger partial charge on any atom is -0.465 e. The highest BCUT2D eigenvalue weighted by molar-refractivity contribution is 7.92. The van der Waals surface area contributed by atoms with Gasteiger partial charge in [0.2, 0.25) is 0 Å². The summed E-state index contributed by atoms with van der Waals surface area (Å²) in [5.74, 6) is -0.593. The van der Waals surface area contributed by atoms with Crippen molar-refractivity contribution in [2.24, 2.45) is 7.05 Å². The van der Waals surface area contributed by atoms with E-state index in [1.54, 1.807) is 36.0 Å². The molecule has 0 aliphatic heterocycles. The lowest BCUT2D eigenvalue weighted by Crippen LogP contribution is -2.16. The van der Waals surface area contributed by atoms with Crippen LogP contribution < -0.4 is 4.72 Å². The fraction of sp³-hybridized carbons (Fsp3) is 0.214. The first-order chi connectivity index (χ1) is 9.83. The van der Waals surface area contributed by atoms with Crippen LogP contribution in [0.2, 0.25) is 0 Å². The topological polar surface area (TPSA) is 77.4 Å². The molecule has 2 rings (SSSR count). The Balaban J connectivity index is 2.42. The zero-order valence-electron chi connectivity index (χ0n) is 12.0. The molecule has 0 unspecified atom stereocenters. The first kappa shape index (κ1) is 15.1. The average Bonchev–Trinajstić information content (AvgIpc) is 2.87. The van der Waals surface area contributed by atoms with Crippen LogP contribution in [-0.2, 0) is 21.8 Å². The van der Waals surface area contributed by atoms with Crippen LogP contribution in [0.5, 0.6) is 0 Å². The van der Waals surface area contributed by atoms with Gasteiger partial charge in [-0.25, -0.2) is 13.2 Å². The highest BCUT2D eigenvalue weighted by Crippen LogP contribution is 2.22. The Morgan fingerprint density at radius 2 is 2.00 bits per heavy atom. The Morgan fingerprint density at radius 3 is 2.57 bits per heavy atom. The quantitative estimate of drug-likeness (QED) is 0.875. The highest BCUT2D eigenvalue weighted by Gasteiger charge is 2.20. The van der Waals surface area contributed by atoms with Gasteiger partial charge in [-0.1, -0.05) is 11.6 Å². The van der Waals surface area contributed by atoms with Crippen molar-refractivity contribution in [2.75, 3.05) is 11.8 Å². The van der Waals surface area contributed by atoms with Gasteiger partial charge in [0.05, 0.1) is 18.4 Å². The van der Waals surface area contributed by atoms with Crippen molar-refractivity contribution in [1.29, 1.82) is 0 Å². The second-order valence-electron chi connectivity index (χ2n) is 4.66. The van der Waals surface area contributed by atoms with E-state index in [1.165, 1.54) is 19.4 Å². The molecule has 1 aromatic carbocycles. The van der Waals surface area contributed by atoms with Gasteiger partial charge in [0.1, 0.15) is 4.90 Å². The SMILES string of the molecule is COC(=O)c1cc(C)ccc1NS(=O)(=O)c1ccn(C)c1. The van der Waals surface area contributed by atoms with Crippen molar-refractivity contribution >= 4 is 21.7 Å². The predicted octanol–water partition coefficient (Wildman–Crippen LogP) is 1.92. The summed E-state index contributed by atoms with van der Waals surface area (Å²) < 4.78 is 33.3. The molecule has 0 amide bonds. The Bertz CT molecular complexity index is 778. The van der Waals surface area contributed by atoms with Crippen LogP contribution in [0.1, 0.15) is 15.9 Å². The summed E-state index contributed by atoms with van der Waals surface area (Å²) in [4.78, 5) is 11.9. The number of anilines is 1. The molecule has 112 valence electrons. The summed E-state index contributed by atoms with van der Waals surface area (Å²) in [6, 6.07) is 6.32. The van der Waals surface area contributed by atoms with E-state index in [1.807, 2.05) is 6.92 Å². The molecule has 0 aliphatic rings. The monoisotopic (exact) mass is 308 g/mol. The molecule has 6 nitrogen and oxygen atoms in total. The van der Waals surface area contributed by atoms with E-state index in [0.29, 0.717) is 0 Å². The van der Waals surface area contributed by atoms with Gasteiger partial charge in [0.25, 0.3) is 10.0 Å². The number of hydrogen-bond acceptors (Lipinski definition) is 4. The molecule has 2 aromatic rings. The van der Waals surface area contributed by atoms with Crippen molar-refractivity contribution < 1.29 is 17.9 Å². The normalized spacial score (nSPS) is 11.2. The number of esters is 1. The molecule has 0 aliphatic carbocycles. The molecule has 0 radical (unpaired) electrons. The van der Waals surface area contributed by atoms with E-state index in [4.69, 9.17) is 0 Å². The summed E-state index contributed by atoms with van der Waals surface area (Å²) in [7, 11) is -0.771. The first-order valence-corrected chi connectivity index (χ1v) is 7.65. The number of ether oxygens (including phenoxy) is 1. The molecule has 1 heterocycles. The van der Waals surface area contributed by atoms with Gasteiger partial charge in [-0.15, -0.1) is 0 Å². The van der Waals surface area contributed by atoms with Gasteiger partial charge in [-0.2, -0.15) is 0 Å². The fourth-order valence-electron chi connectivity index (χ4n) is 1.87. The average molecular weight is 308 g/mol. The maximum Gasteiger partial charge on any atom is 0.340 e. The Morgan fingerprint density at radius 1 is 1.29 bits per heavy atom. The van der Waals surface area contributed by atoms with Crippen LogP contribution >= 0.6 is 0 Å². The van der Waals surface area contributed by atoms with Crippen LogP contribution in [0.15, 0.2) is 41.6 Å². The number of benzene rings is 1. The number of rotatable bonds is 4. The third-order valence-corrected chi connectivity index (χ3v) is 4.29. The van der Waals surface area contributed by atoms with Gasteiger partial charge in [0, 0.05) is 19.4 Å². The molecule has 1 aromatic heterocycles. The van der Waals surface area contributed by atoms with E-state index < -0.39 is 16.0 Å². The molecule has 0 bridgehead atoms. The fourth-order valence-corrected chi connectivity index (χ4v) is 3.00. The van der Waals surface area contributed by atoms with E-state index >= 15 is 0 Å². The van der Waals surface area contributed by atoms with Crippen molar-refractivity contribution in [1.82, 2.24) is 4.57 Å². The van der Waals surface area contributed by atoms with Crippen LogP contribution in [-0.4, -0.2) is 26.1 Å². The van der Waals surface area contributed by atoms with E-state index in [-0.39, 0.29) is 16.1 Å². The van der Waals surface area contributed by atoms with E-state index in [2.05, 4.69) is 9.46 Å². The summed E-state index contributed by atoms with van der Waals surface area (Å²) in [6.07, 6.45) is 3.11. The summed E-state index contributed by atoms with van der Waals surface area (Å²) in [5.41, 5.74) is 1.20. The molecular weight excluding hydrogens is 292 g/mol. The van der Waals surface area contributed by atoms with Gasteiger partial charge in [-0.3, -0.25) is 4.72 Å². The number of aryl methyl sites for hydroxylation is 2. The van der Waals surface area contributed by atoms with Gasteiger partial charge in [-0.05, 0) is 25.1 Å². The number of nitrogens with zero attached hydrogens (tertiary/aromatic N) is 1. The lowest BCUT2D eigenvalue weighted by atomic mass is 10.1.